The van der Waals surface area contributed by atoms with Gasteiger partial charge in [0.05, 0.1) is 24.0 Å². The fourth-order valence-corrected chi connectivity index (χ4v) is 2.83. The third-order valence-corrected chi connectivity index (χ3v) is 4.37. The molecule has 1 heterocycles. The van der Waals surface area contributed by atoms with Gasteiger partial charge in [0.2, 0.25) is 0 Å². The third kappa shape index (κ3) is 4.51. The van der Waals surface area contributed by atoms with E-state index in [0.717, 1.165) is 22.4 Å². The van der Waals surface area contributed by atoms with Crippen LogP contribution in [0.25, 0.3) is 0 Å². The summed E-state index contributed by atoms with van der Waals surface area (Å²) in [4.78, 5) is 12.4. The van der Waals surface area contributed by atoms with E-state index in [1.807, 2.05) is 30.3 Å². The van der Waals surface area contributed by atoms with E-state index in [-0.39, 0.29) is 29.4 Å². The molecule has 0 aliphatic heterocycles. The molecule has 9 heteroatoms. The molecule has 2 aromatic carbocycles. The maximum atomic E-state index is 13.2. The van der Waals surface area contributed by atoms with Crippen molar-refractivity contribution in [2.45, 2.75) is 19.3 Å². The van der Waals surface area contributed by atoms with E-state index in [9.17, 15) is 22.4 Å². The summed E-state index contributed by atoms with van der Waals surface area (Å²) < 4.78 is 53.6. The SMILES string of the molecule is O=c1c(Cl)c(NCc2ccc(F)cc2C(F)(F)F)cnn1Cc1ccccc1. The summed E-state index contributed by atoms with van der Waals surface area (Å²) in [6.07, 6.45) is -3.44. The highest BCUT2D eigenvalue weighted by Gasteiger charge is 2.33. The smallest absolute Gasteiger partial charge is 0.378 e. The molecule has 0 atom stereocenters. The number of benzene rings is 2. The van der Waals surface area contributed by atoms with Crippen molar-refractivity contribution in [2.24, 2.45) is 0 Å². The molecular formula is C19H14ClF4N3O. The summed E-state index contributed by atoms with van der Waals surface area (Å²) in [5.41, 5.74) is -0.922. The van der Waals surface area contributed by atoms with Gasteiger partial charge in [0.25, 0.3) is 5.56 Å². The van der Waals surface area contributed by atoms with Crippen molar-refractivity contribution >= 4 is 17.3 Å². The standard InChI is InChI=1S/C19H14ClF4N3O/c20-17-16(10-26-27(18(17)28)11-12-4-2-1-3-5-12)25-9-13-6-7-14(21)8-15(13)19(22,23)24/h1-8,10,25H,9,11H2. The van der Waals surface area contributed by atoms with E-state index in [0.29, 0.717) is 6.07 Å². The lowest BCUT2D eigenvalue weighted by Crippen LogP contribution is -2.25. The third-order valence-electron chi connectivity index (χ3n) is 4.01. The highest BCUT2D eigenvalue weighted by Crippen LogP contribution is 2.33. The van der Waals surface area contributed by atoms with Crippen molar-refractivity contribution in [1.82, 2.24) is 9.78 Å². The van der Waals surface area contributed by atoms with Crippen LogP contribution in [0.3, 0.4) is 0 Å². The predicted octanol–water partition coefficient (Wildman–Crippen LogP) is 4.72. The lowest BCUT2D eigenvalue weighted by atomic mass is 10.1. The van der Waals surface area contributed by atoms with Crippen LogP contribution in [0, 0.1) is 5.82 Å². The molecule has 1 N–H and O–H groups in total. The number of aromatic nitrogens is 2. The largest absolute Gasteiger partial charge is 0.416 e. The van der Waals surface area contributed by atoms with Crippen molar-refractivity contribution in [1.29, 1.82) is 0 Å². The Balaban J connectivity index is 1.81. The molecule has 1 aromatic heterocycles. The van der Waals surface area contributed by atoms with Crippen LogP contribution >= 0.6 is 11.6 Å². The molecule has 0 amide bonds. The molecule has 0 aliphatic carbocycles. The average molecular weight is 412 g/mol. The fraction of sp³-hybridized carbons (Fsp3) is 0.158. The Labute approximate surface area is 162 Å². The maximum absolute atomic E-state index is 13.2. The Kier molecular flexibility index (Phi) is 5.69. The van der Waals surface area contributed by atoms with Crippen molar-refractivity contribution in [3.05, 3.63) is 92.6 Å². The van der Waals surface area contributed by atoms with E-state index in [4.69, 9.17) is 11.6 Å². The summed E-state index contributed by atoms with van der Waals surface area (Å²) in [7, 11) is 0. The maximum Gasteiger partial charge on any atom is 0.416 e. The van der Waals surface area contributed by atoms with Gasteiger partial charge in [-0.05, 0) is 23.3 Å². The second-order valence-corrected chi connectivity index (χ2v) is 6.35. The summed E-state index contributed by atoms with van der Waals surface area (Å²) in [6, 6.07) is 11.5. The van der Waals surface area contributed by atoms with Gasteiger partial charge in [0.15, 0.2) is 0 Å². The Morgan fingerprint density at radius 2 is 1.82 bits per heavy atom. The van der Waals surface area contributed by atoms with E-state index in [1.165, 1.54) is 6.20 Å². The minimum Gasteiger partial charge on any atom is -0.378 e. The molecule has 28 heavy (non-hydrogen) atoms. The Bertz CT molecular complexity index is 1040. The van der Waals surface area contributed by atoms with Gasteiger partial charge in [0.1, 0.15) is 10.8 Å². The predicted molar refractivity (Wildman–Crippen MR) is 97.8 cm³/mol. The van der Waals surface area contributed by atoms with Crippen molar-refractivity contribution in [2.75, 3.05) is 5.32 Å². The van der Waals surface area contributed by atoms with Gasteiger partial charge in [0, 0.05) is 6.54 Å². The van der Waals surface area contributed by atoms with Crippen LogP contribution in [0.1, 0.15) is 16.7 Å². The molecule has 0 bridgehead atoms. The second-order valence-electron chi connectivity index (χ2n) is 5.97. The lowest BCUT2D eigenvalue weighted by Gasteiger charge is -2.15. The first-order chi connectivity index (χ1) is 13.3. The summed E-state index contributed by atoms with van der Waals surface area (Å²) in [5.74, 6) is -0.987. The molecule has 4 nitrogen and oxygen atoms in total. The Morgan fingerprint density at radius 3 is 2.50 bits per heavy atom. The Morgan fingerprint density at radius 1 is 1.11 bits per heavy atom. The zero-order chi connectivity index (χ0) is 20.3. The molecule has 0 aliphatic rings. The van der Waals surface area contributed by atoms with Gasteiger partial charge in [-0.1, -0.05) is 48.0 Å². The minimum atomic E-state index is -4.71. The Hall–Kier alpha value is -2.87. The molecule has 146 valence electrons. The molecular weight excluding hydrogens is 398 g/mol. The summed E-state index contributed by atoms with van der Waals surface area (Å²) >= 11 is 6.07. The van der Waals surface area contributed by atoms with Gasteiger partial charge in [-0.25, -0.2) is 9.07 Å². The molecule has 0 unspecified atom stereocenters. The number of anilines is 1. The lowest BCUT2D eigenvalue weighted by molar-refractivity contribution is -0.138. The molecule has 3 rings (SSSR count). The molecule has 0 spiro atoms. The minimum absolute atomic E-state index is 0.0911. The number of nitrogens with zero attached hydrogens (tertiary/aromatic N) is 2. The van der Waals surface area contributed by atoms with Crippen LogP contribution in [0.2, 0.25) is 5.02 Å². The number of nitrogens with one attached hydrogen (secondary N) is 1. The van der Waals surface area contributed by atoms with Crippen LogP contribution in [0.15, 0.2) is 59.5 Å². The molecule has 0 fully saturated rings. The number of rotatable bonds is 5. The van der Waals surface area contributed by atoms with Crippen LogP contribution in [0.5, 0.6) is 0 Å². The van der Waals surface area contributed by atoms with Crippen molar-refractivity contribution < 1.29 is 17.6 Å². The molecule has 0 saturated carbocycles. The molecule has 0 saturated heterocycles. The fourth-order valence-electron chi connectivity index (χ4n) is 2.61. The summed E-state index contributed by atoms with van der Waals surface area (Å²) in [6.45, 7) is -0.103. The van der Waals surface area contributed by atoms with E-state index < -0.39 is 23.1 Å². The van der Waals surface area contributed by atoms with Gasteiger partial charge in [-0.15, -0.1) is 0 Å². The zero-order valence-corrected chi connectivity index (χ0v) is 15.1. The van der Waals surface area contributed by atoms with E-state index >= 15 is 0 Å². The second kappa shape index (κ2) is 8.02. The van der Waals surface area contributed by atoms with Gasteiger partial charge in [-0.3, -0.25) is 4.79 Å². The number of alkyl halides is 3. The first-order valence-corrected chi connectivity index (χ1v) is 8.52. The monoisotopic (exact) mass is 411 g/mol. The topological polar surface area (TPSA) is 46.9 Å². The highest BCUT2D eigenvalue weighted by atomic mass is 35.5. The van der Waals surface area contributed by atoms with Crippen molar-refractivity contribution in [3.8, 4) is 0 Å². The molecule has 3 aromatic rings. The van der Waals surface area contributed by atoms with Crippen LogP contribution in [-0.2, 0) is 19.3 Å². The number of hydrogen-bond donors (Lipinski definition) is 1. The number of halogens is 5. The van der Waals surface area contributed by atoms with Gasteiger partial charge >= 0.3 is 6.18 Å². The highest BCUT2D eigenvalue weighted by molar-refractivity contribution is 6.32. The first-order valence-electron chi connectivity index (χ1n) is 8.15. The van der Waals surface area contributed by atoms with Crippen molar-refractivity contribution in [3.63, 3.8) is 0 Å². The zero-order valence-electron chi connectivity index (χ0n) is 14.3. The number of hydrogen-bond acceptors (Lipinski definition) is 3. The summed E-state index contributed by atoms with van der Waals surface area (Å²) in [5, 5.41) is 6.48. The van der Waals surface area contributed by atoms with E-state index in [1.54, 1.807) is 0 Å². The van der Waals surface area contributed by atoms with E-state index in [2.05, 4.69) is 10.4 Å². The van der Waals surface area contributed by atoms with Crippen LogP contribution < -0.4 is 10.9 Å². The van der Waals surface area contributed by atoms with Gasteiger partial charge < -0.3 is 5.32 Å². The molecule has 0 radical (unpaired) electrons. The normalized spacial score (nSPS) is 11.5. The van der Waals surface area contributed by atoms with Crippen LogP contribution in [-0.4, -0.2) is 9.78 Å². The van der Waals surface area contributed by atoms with Crippen LogP contribution in [0.4, 0.5) is 23.2 Å². The average Bonchev–Trinajstić information content (AvgIpc) is 2.66. The first kappa shape index (κ1) is 19.9. The quantitative estimate of drug-likeness (QED) is 0.618. The van der Waals surface area contributed by atoms with Gasteiger partial charge in [-0.2, -0.15) is 18.3 Å².